The van der Waals surface area contributed by atoms with Crippen molar-refractivity contribution in [3.63, 3.8) is 0 Å². The predicted octanol–water partition coefficient (Wildman–Crippen LogP) is 5.85. The fraction of sp³-hybridized carbons (Fsp3) is 0.441. The quantitative estimate of drug-likeness (QED) is 0.181. The minimum atomic E-state index is -1.18. The van der Waals surface area contributed by atoms with Crippen LogP contribution in [-0.4, -0.2) is 61.8 Å². The molecule has 1 heterocycles. The summed E-state index contributed by atoms with van der Waals surface area (Å²) in [7, 11) is 0. The molecule has 4 atom stereocenters. The summed E-state index contributed by atoms with van der Waals surface area (Å²) in [5.74, 6) is -0.0779. The molecule has 4 N–H and O–H groups in total. The van der Waals surface area contributed by atoms with E-state index in [-0.39, 0.29) is 30.7 Å². The van der Waals surface area contributed by atoms with Crippen LogP contribution in [-0.2, 0) is 11.2 Å². The van der Waals surface area contributed by atoms with Crippen LogP contribution in [0.1, 0.15) is 63.3 Å². The van der Waals surface area contributed by atoms with Gasteiger partial charge in [-0.3, -0.25) is 9.69 Å². The van der Waals surface area contributed by atoms with Gasteiger partial charge in [-0.05, 0) is 52.8 Å². The average molecular weight is 573 g/mol. The van der Waals surface area contributed by atoms with E-state index in [2.05, 4.69) is 47.8 Å². The maximum Gasteiger partial charge on any atom is 0.408 e. The monoisotopic (exact) mass is 572 g/mol. The van der Waals surface area contributed by atoms with Crippen LogP contribution in [0.3, 0.4) is 0 Å². The average Bonchev–Trinajstić information content (AvgIpc) is 3.58. The van der Waals surface area contributed by atoms with E-state index in [4.69, 9.17) is 0 Å². The fourth-order valence-corrected chi connectivity index (χ4v) is 6.12. The van der Waals surface area contributed by atoms with Crippen molar-refractivity contribution in [3.8, 4) is 11.1 Å². The lowest BCUT2D eigenvalue weighted by Crippen LogP contribution is -2.55. The van der Waals surface area contributed by atoms with Crippen LogP contribution in [0.15, 0.2) is 73.7 Å². The molecule has 224 valence electrons. The van der Waals surface area contributed by atoms with Crippen LogP contribution in [0.4, 0.5) is 4.79 Å². The predicted molar refractivity (Wildman–Crippen MR) is 165 cm³/mol. The van der Waals surface area contributed by atoms with Crippen LogP contribution in [0.25, 0.3) is 11.1 Å². The highest BCUT2D eigenvalue weighted by Crippen LogP contribution is 2.45. The lowest BCUT2D eigenvalue weighted by atomic mass is 9.86. The number of nitrogens with zero attached hydrogens (tertiary/aromatic N) is 2. The van der Waals surface area contributed by atoms with Gasteiger partial charge in [0.25, 0.3) is 0 Å². The van der Waals surface area contributed by atoms with Crippen molar-refractivity contribution >= 4 is 12.0 Å². The second kappa shape index (κ2) is 13.8. The lowest BCUT2D eigenvalue weighted by molar-refractivity contribution is -0.127. The number of hydrogen-bond donors (Lipinski definition) is 4. The maximum atomic E-state index is 14.1. The summed E-state index contributed by atoms with van der Waals surface area (Å²) in [5, 5.41) is 24.9. The second-order valence-electron chi connectivity index (χ2n) is 12.1. The summed E-state index contributed by atoms with van der Waals surface area (Å²) in [6.45, 7) is 12.3. The molecule has 0 saturated carbocycles. The van der Waals surface area contributed by atoms with Gasteiger partial charge in [0.15, 0.2) is 0 Å². The Morgan fingerprint density at radius 1 is 1.05 bits per heavy atom. The molecule has 8 heteroatoms. The summed E-state index contributed by atoms with van der Waals surface area (Å²) in [5.41, 5.74) is 4.83. The van der Waals surface area contributed by atoms with E-state index in [1.54, 1.807) is 6.20 Å². The van der Waals surface area contributed by atoms with Gasteiger partial charge in [-0.2, -0.15) is 0 Å². The van der Waals surface area contributed by atoms with Gasteiger partial charge in [0.05, 0.1) is 24.2 Å². The summed E-state index contributed by atoms with van der Waals surface area (Å²) in [6.07, 6.45) is 4.18. The number of carbonyl (C=O) groups is 2. The number of rotatable bonds is 14. The van der Waals surface area contributed by atoms with Crippen molar-refractivity contribution in [2.24, 2.45) is 17.8 Å². The molecule has 2 amide bonds. The van der Waals surface area contributed by atoms with Gasteiger partial charge in [0.2, 0.25) is 5.91 Å². The first-order valence-electron chi connectivity index (χ1n) is 14.9. The molecule has 4 rings (SSSR count). The molecule has 1 aliphatic carbocycles. The Kier molecular flexibility index (Phi) is 10.2. The SMILES string of the molecule is C=C[C@@H](C[C@H](O)[C@H](CC(C)C)NC(=O)[C@H](Cc1c[nH]cn1)N(CC1c2ccccc2-c2ccccc21)C(=O)O)C(C)C. The van der Waals surface area contributed by atoms with Gasteiger partial charge >= 0.3 is 6.09 Å². The van der Waals surface area contributed by atoms with Crippen molar-refractivity contribution in [1.82, 2.24) is 20.2 Å². The van der Waals surface area contributed by atoms with E-state index >= 15 is 0 Å². The number of aromatic amines is 1. The number of aliphatic hydroxyl groups excluding tert-OH is 1. The number of carbonyl (C=O) groups excluding carboxylic acids is 1. The number of fused-ring (bicyclic) bond motifs is 3. The van der Waals surface area contributed by atoms with Crippen LogP contribution in [0, 0.1) is 17.8 Å². The molecule has 1 aliphatic rings. The molecular weight excluding hydrogens is 528 g/mol. The Labute approximate surface area is 248 Å². The number of amides is 2. The molecule has 0 saturated heterocycles. The number of nitrogens with one attached hydrogen (secondary N) is 2. The molecule has 1 aromatic heterocycles. The highest BCUT2D eigenvalue weighted by Gasteiger charge is 2.38. The van der Waals surface area contributed by atoms with Gasteiger partial charge < -0.3 is 20.5 Å². The van der Waals surface area contributed by atoms with E-state index in [1.807, 2.05) is 56.3 Å². The molecular formula is C34H44N4O4. The molecule has 0 radical (unpaired) electrons. The third-order valence-corrected chi connectivity index (χ3v) is 8.41. The molecule has 8 nitrogen and oxygen atoms in total. The zero-order valence-electron chi connectivity index (χ0n) is 25.0. The Morgan fingerprint density at radius 3 is 2.17 bits per heavy atom. The lowest BCUT2D eigenvalue weighted by Gasteiger charge is -2.34. The number of H-pyrrole nitrogens is 1. The molecule has 2 aromatic carbocycles. The van der Waals surface area contributed by atoms with E-state index < -0.39 is 30.2 Å². The van der Waals surface area contributed by atoms with Crippen molar-refractivity contribution in [1.29, 1.82) is 0 Å². The smallest absolute Gasteiger partial charge is 0.408 e. The minimum absolute atomic E-state index is 0.0874. The largest absolute Gasteiger partial charge is 0.465 e. The van der Waals surface area contributed by atoms with Gasteiger partial charge in [0.1, 0.15) is 6.04 Å². The molecule has 0 fully saturated rings. The first-order valence-corrected chi connectivity index (χ1v) is 14.9. The van der Waals surface area contributed by atoms with Gasteiger partial charge in [-0.1, -0.05) is 82.3 Å². The zero-order chi connectivity index (χ0) is 30.4. The Balaban J connectivity index is 1.65. The summed E-state index contributed by atoms with van der Waals surface area (Å²) < 4.78 is 0. The molecule has 0 unspecified atom stereocenters. The maximum absolute atomic E-state index is 14.1. The fourth-order valence-electron chi connectivity index (χ4n) is 6.12. The highest BCUT2D eigenvalue weighted by atomic mass is 16.4. The molecule has 3 aromatic rings. The molecule has 0 aliphatic heterocycles. The number of carboxylic acid groups (broad SMARTS) is 1. The van der Waals surface area contributed by atoms with E-state index in [1.165, 1.54) is 11.2 Å². The summed E-state index contributed by atoms with van der Waals surface area (Å²) >= 11 is 0. The van der Waals surface area contributed by atoms with Crippen molar-refractivity contribution in [2.45, 2.75) is 71.1 Å². The number of imidazole rings is 1. The number of allylic oxidation sites excluding steroid dienone is 1. The first kappa shape index (κ1) is 31.0. The highest BCUT2D eigenvalue weighted by molar-refractivity contribution is 5.86. The zero-order valence-corrected chi connectivity index (χ0v) is 25.0. The molecule has 42 heavy (non-hydrogen) atoms. The van der Waals surface area contributed by atoms with Gasteiger partial charge in [-0.25, -0.2) is 9.78 Å². The minimum Gasteiger partial charge on any atom is -0.465 e. The molecule has 0 bridgehead atoms. The van der Waals surface area contributed by atoms with Crippen LogP contribution in [0.5, 0.6) is 0 Å². The number of aromatic nitrogens is 2. The van der Waals surface area contributed by atoms with Crippen molar-refractivity contribution in [2.75, 3.05) is 6.54 Å². The van der Waals surface area contributed by atoms with Crippen LogP contribution >= 0.6 is 0 Å². The van der Waals surface area contributed by atoms with Crippen LogP contribution < -0.4 is 5.32 Å². The topological polar surface area (TPSA) is 119 Å². The number of benzene rings is 2. The van der Waals surface area contributed by atoms with E-state index in [9.17, 15) is 19.8 Å². The Hall–Kier alpha value is -3.91. The van der Waals surface area contributed by atoms with Crippen molar-refractivity contribution in [3.05, 3.63) is 90.5 Å². The Morgan fingerprint density at radius 2 is 1.67 bits per heavy atom. The first-order chi connectivity index (χ1) is 20.1. The normalized spacial score (nSPS) is 15.5. The van der Waals surface area contributed by atoms with E-state index in [0.29, 0.717) is 24.5 Å². The third-order valence-electron chi connectivity index (χ3n) is 8.41. The van der Waals surface area contributed by atoms with Gasteiger partial charge in [0, 0.05) is 25.1 Å². The second-order valence-corrected chi connectivity index (χ2v) is 12.1. The summed E-state index contributed by atoms with van der Waals surface area (Å²) in [4.78, 5) is 35.4. The van der Waals surface area contributed by atoms with Gasteiger partial charge in [-0.15, -0.1) is 6.58 Å². The Bertz CT molecular complexity index is 1310. The standard InChI is InChI=1S/C34H44N4O4/c1-6-23(22(4)5)16-32(39)30(15-21(2)3)37-33(40)31(17-24-18-35-20-36-24)38(34(41)42)19-29-27-13-9-7-11-25(27)26-12-8-10-14-28(26)29/h6-14,18,20-23,29-32,39H,1,15-17,19H2,2-5H3,(H,35,36)(H,37,40)(H,41,42)/t23-,30-,31-,32-/m0/s1. The summed E-state index contributed by atoms with van der Waals surface area (Å²) in [6, 6.07) is 14.5. The third kappa shape index (κ3) is 7.10. The van der Waals surface area contributed by atoms with E-state index in [0.717, 1.165) is 22.3 Å². The van der Waals surface area contributed by atoms with Crippen molar-refractivity contribution < 1.29 is 19.8 Å². The van der Waals surface area contributed by atoms with Crippen LogP contribution in [0.2, 0.25) is 0 Å². The number of aliphatic hydroxyl groups is 1. The molecule has 0 spiro atoms. The number of hydrogen-bond acceptors (Lipinski definition) is 4.